The summed E-state index contributed by atoms with van der Waals surface area (Å²) in [5.74, 6) is -0.141. The summed E-state index contributed by atoms with van der Waals surface area (Å²) >= 11 is 5.80. The van der Waals surface area contributed by atoms with E-state index in [0.29, 0.717) is 16.3 Å². The number of nitro groups is 1. The average Bonchev–Trinajstić information content (AvgIpc) is 2.61. The minimum atomic E-state index is -0.533. The van der Waals surface area contributed by atoms with Gasteiger partial charge in [0.25, 0.3) is 0 Å². The quantitative estimate of drug-likeness (QED) is 0.485. The van der Waals surface area contributed by atoms with E-state index in [0.717, 1.165) is 5.56 Å². The maximum Gasteiger partial charge on any atom is 0.311 e. The minimum Gasteiger partial charge on any atom is -0.490 e. The van der Waals surface area contributed by atoms with Gasteiger partial charge in [0, 0.05) is 16.7 Å². The van der Waals surface area contributed by atoms with E-state index in [9.17, 15) is 14.9 Å². The van der Waals surface area contributed by atoms with E-state index in [1.54, 1.807) is 37.3 Å². The van der Waals surface area contributed by atoms with Crippen molar-refractivity contribution in [3.8, 4) is 5.75 Å². The molecule has 0 aromatic heterocycles. The number of amides is 1. The summed E-state index contributed by atoms with van der Waals surface area (Å²) in [7, 11) is 1.36. The summed E-state index contributed by atoms with van der Waals surface area (Å²) in [6.07, 6.45) is 0.150. The third-order valence-corrected chi connectivity index (χ3v) is 3.67. The Hall–Kier alpha value is -2.93. The van der Waals surface area contributed by atoms with E-state index in [-0.39, 0.29) is 23.8 Å². The maximum absolute atomic E-state index is 11.9. The Bertz CT molecular complexity index is 819. The number of hydrogen-bond acceptors (Lipinski definition) is 5. The first-order valence-electron chi connectivity index (χ1n) is 7.31. The van der Waals surface area contributed by atoms with Crippen molar-refractivity contribution < 1.29 is 14.5 Å². The number of nitrogens with zero attached hydrogens (tertiary/aromatic N) is 2. The van der Waals surface area contributed by atoms with Gasteiger partial charge in [-0.2, -0.15) is 5.10 Å². The van der Waals surface area contributed by atoms with Crippen LogP contribution in [0.5, 0.6) is 5.75 Å². The van der Waals surface area contributed by atoms with Crippen LogP contribution in [0, 0.1) is 10.1 Å². The van der Waals surface area contributed by atoms with Gasteiger partial charge in [-0.25, -0.2) is 5.43 Å². The van der Waals surface area contributed by atoms with Gasteiger partial charge in [-0.1, -0.05) is 23.7 Å². The predicted molar refractivity (Wildman–Crippen MR) is 95.2 cm³/mol. The summed E-state index contributed by atoms with van der Waals surface area (Å²) in [5.41, 5.74) is 4.03. The fourth-order valence-electron chi connectivity index (χ4n) is 2.10. The first kappa shape index (κ1) is 18.4. The normalized spacial score (nSPS) is 11.1. The number of hydrazone groups is 1. The third-order valence-electron chi connectivity index (χ3n) is 3.42. The van der Waals surface area contributed by atoms with Crippen molar-refractivity contribution in [1.82, 2.24) is 5.43 Å². The Labute approximate surface area is 149 Å². The summed E-state index contributed by atoms with van der Waals surface area (Å²) < 4.78 is 4.95. The van der Waals surface area contributed by atoms with Crippen LogP contribution in [-0.4, -0.2) is 23.7 Å². The van der Waals surface area contributed by atoms with E-state index in [2.05, 4.69) is 10.5 Å². The summed E-state index contributed by atoms with van der Waals surface area (Å²) in [6.45, 7) is 1.65. The van der Waals surface area contributed by atoms with Gasteiger partial charge in [0.15, 0.2) is 5.75 Å². The lowest BCUT2D eigenvalue weighted by molar-refractivity contribution is -0.385. The molecule has 2 rings (SSSR count). The molecule has 0 radical (unpaired) electrons. The lowest BCUT2D eigenvalue weighted by Gasteiger charge is -2.06. The third kappa shape index (κ3) is 5.02. The summed E-state index contributed by atoms with van der Waals surface area (Å²) in [6, 6.07) is 11.4. The number of carbonyl (C=O) groups excluding carboxylic acids is 1. The highest BCUT2D eigenvalue weighted by Gasteiger charge is 2.16. The van der Waals surface area contributed by atoms with Crippen molar-refractivity contribution in [1.29, 1.82) is 0 Å². The van der Waals surface area contributed by atoms with Crippen molar-refractivity contribution in [2.75, 3.05) is 7.11 Å². The van der Waals surface area contributed by atoms with Gasteiger partial charge in [-0.3, -0.25) is 14.9 Å². The topological polar surface area (TPSA) is 93.8 Å². The molecule has 25 heavy (non-hydrogen) atoms. The van der Waals surface area contributed by atoms with E-state index in [1.807, 2.05) is 0 Å². The van der Waals surface area contributed by atoms with Crippen LogP contribution < -0.4 is 10.2 Å². The second-order valence-electron chi connectivity index (χ2n) is 5.18. The van der Waals surface area contributed by atoms with Crippen LogP contribution in [0.4, 0.5) is 5.69 Å². The molecular weight excluding hydrogens is 346 g/mol. The zero-order valence-electron chi connectivity index (χ0n) is 13.7. The molecule has 0 unspecified atom stereocenters. The van der Waals surface area contributed by atoms with Crippen molar-refractivity contribution in [2.45, 2.75) is 13.3 Å². The molecule has 8 heteroatoms. The molecule has 0 aliphatic heterocycles. The molecule has 130 valence electrons. The standard InChI is InChI=1S/C17H16ClN3O4/c1-11(13-5-8-16(25-2)15(10-13)21(23)24)19-20-17(22)9-12-3-6-14(18)7-4-12/h3-8,10H,9H2,1-2H3,(H,20,22). The molecule has 0 atom stereocenters. The van der Waals surface area contributed by atoms with E-state index >= 15 is 0 Å². The number of benzene rings is 2. The Morgan fingerprint density at radius 2 is 1.96 bits per heavy atom. The smallest absolute Gasteiger partial charge is 0.311 e. The first-order chi connectivity index (χ1) is 11.9. The fourth-order valence-corrected chi connectivity index (χ4v) is 2.22. The largest absolute Gasteiger partial charge is 0.490 e. The molecule has 0 heterocycles. The number of nitro benzene ring substituents is 1. The van der Waals surface area contributed by atoms with E-state index < -0.39 is 4.92 Å². The highest BCUT2D eigenvalue weighted by Crippen LogP contribution is 2.27. The molecule has 0 fully saturated rings. The second-order valence-corrected chi connectivity index (χ2v) is 5.62. The van der Waals surface area contributed by atoms with Gasteiger partial charge in [-0.15, -0.1) is 0 Å². The molecule has 0 bridgehead atoms. The number of ether oxygens (including phenoxy) is 1. The highest BCUT2D eigenvalue weighted by molar-refractivity contribution is 6.30. The summed E-state index contributed by atoms with van der Waals surface area (Å²) in [4.78, 5) is 22.5. The molecule has 2 aromatic carbocycles. The van der Waals surface area contributed by atoms with Crippen LogP contribution in [0.15, 0.2) is 47.6 Å². The number of rotatable bonds is 6. The number of carbonyl (C=O) groups is 1. The molecule has 1 amide bonds. The lowest BCUT2D eigenvalue weighted by atomic mass is 10.1. The van der Waals surface area contributed by atoms with Crippen LogP contribution in [0.1, 0.15) is 18.1 Å². The highest BCUT2D eigenvalue weighted by atomic mass is 35.5. The molecule has 0 saturated heterocycles. The van der Waals surface area contributed by atoms with Crippen molar-refractivity contribution in [3.63, 3.8) is 0 Å². The van der Waals surface area contributed by atoms with Crippen LogP contribution in [0.2, 0.25) is 5.02 Å². The second kappa shape index (κ2) is 8.25. The van der Waals surface area contributed by atoms with Gasteiger partial charge in [-0.05, 0) is 36.8 Å². The van der Waals surface area contributed by atoms with E-state index in [4.69, 9.17) is 16.3 Å². The van der Waals surface area contributed by atoms with Crippen molar-refractivity contribution >= 4 is 28.9 Å². The molecular formula is C17H16ClN3O4. The van der Waals surface area contributed by atoms with Crippen LogP contribution in [-0.2, 0) is 11.2 Å². The molecule has 2 aromatic rings. The number of methoxy groups -OCH3 is 1. The Morgan fingerprint density at radius 3 is 2.56 bits per heavy atom. The van der Waals surface area contributed by atoms with Gasteiger partial charge in [0.2, 0.25) is 5.91 Å². The summed E-state index contributed by atoms with van der Waals surface area (Å²) in [5, 5.41) is 15.6. The van der Waals surface area contributed by atoms with Gasteiger partial charge >= 0.3 is 5.69 Å². The lowest BCUT2D eigenvalue weighted by Crippen LogP contribution is -2.21. The number of hydrogen-bond donors (Lipinski definition) is 1. The predicted octanol–water partition coefficient (Wildman–Crippen LogP) is 3.34. The monoisotopic (exact) mass is 361 g/mol. The molecule has 7 nitrogen and oxygen atoms in total. The van der Waals surface area contributed by atoms with E-state index in [1.165, 1.54) is 19.2 Å². The van der Waals surface area contributed by atoms with Crippen molar-refractivity contribution in [2.24, 2.45) is 5.10 Å². The van der Waals surface area contributed by atoms with Gasteiger partial charge in [0.05, 0.1) is 24.2 Å². The Kier molecular flexibility index (Phi) is 6.08. The SMILES string of the molecule is COc1ccc(C(C)=NNC(=O)Cc2ccc(Cl)cc2)cc1[N+](=O)[O-]. The molecule has 1 N–H and O–H groups in total. The van der Waals surface area contributed by atoms with Crippen LogP contribution in [0.25, 0.3) is 0 Å². The number of nitrogens with one attached hydrogen (secondary N) is 1. The van der Waals surface area contributed by atoms with Gasteiger partial charge in [0.1, 0.15) is 0 Å². The molecule has 0 aliphatic rings. The Morgan fingerprint density at radius 1 is 1.28 bits per heavy atom. The molecule has 0 saturated carbocycles. The Balaban J connectivity index is 2.08. The molecule has 0 aliphatic carbocycles. The average molecular weight is 362 g/mol. The van der Waals surface area contributed by atoms with Gasteiger partial charge < -0.3 is 4.74 Å². The van der Waals surface area contributed by atoms with Crippen molar-refractivity contribution in [3.05, 3.63) is 68.7 Å². The fraction of sp³-hybridized carbons (Fsp3) is 0.176. The van der Waals surface area contributed by atoms with Crippen LogP contribution >= 0.6 is 11.6 Å². The maximum atomic E-state index is 11.9. The zero-order valence-corrected chi connectivity index (χ0v) is 14.4. The number of halogens is 1. The zero-order chi connectivity index (χ0) is 18.4. The molecule has 0 spiro atoms. The minimum absolute atomic E-state index is 0.150. The van der Waals surface area contributed by atoms with Crippen LogP contribution in [0.3, 0.4) is 0 Å². The first-order valence-corrected chi connectivity index (χ1v) is 7.69.